The number of nitrogens with one attached hydrogen (secondary N) is 2. The molecule has 1 amide bonds. The molecule has 1 atom stereocenters. The van der Waals surface area contributed by atoms with Gasteiger partial charge in [-0.15, -0.1) is 0 Å². The minimum atomic E-state index is -1.82. The van der Waals surface area contributed by atoms with E-state index in [1.807, 2.05) is 37.3 Å². The van der Waals surface area contributed by atoms with Crippen LogP contribution in [0.1, 0.15) is 29.8 Å². The lowest BCUT2D eigenvalue weighted by Gasteiger charge is -2.14. The third-order valence-corrected chi connectivity index (χ3v) is 3.57. The van der Waals surface area contributed by atoms with Gasteiger partial charge < -0.3 is 20.8 Å². The number of benzene rings is 2. The topological polar surface area (TPSA) is 133 Å². The molecule has 0 radical (unpaired) electrons. The lowest BCUT2D eigenvalue weighted by molar-refractivity contribution is -0.159. The maximum atomic E-state index is 12.2. The first-order valence-electron chi connectivity index (χ1n) is 8.36. The quantitative estimate of drug-likeness (QED) is 0.442. The van der Waals surface area contributed by atoms with E-state index in [-0.39, 0.29) is 17.7 Å². The highest BCUT2D eigenvalue weighted by molar-refractivity contribution is 6.27. The number of carbonyl (C=O) groups is 4. The van der Waals surface area contributed by atoms with Gasteiger partial charge in [-0.1, -0.05) is 42.5 Å². The molecule has 0 aliphatic carbocycles. The number of rotatable bonds is 6. The summed E-state index contributed by atoms with van der Waals surface area (Å²) in [5, 5.41) is 20.8. The predicted molar refractivity (Wildman–Crippen MR) is 103 cm³/mol. The van der Waals surface area contributed by atoms with Gasteiger partial charge in [-0.2, -0.15) is 0 Å². The molecule has 28 heavy (non-hydrogen) atoms. The van der Waals surface area contributed by atoms with Crippen LogP contribution in [0, 0.1) is 0 Å². The second kappa shape index (κ2) is 11.2. The molecule has 0 aliphatic rings. The Balaban J connectivity index is 0.000000568. The molecule has 2 rings (SSSR count). The molecule has 0 saturated heterocycles. The monoisotopic (exact) mass is 386 g/mol. The van der Waals surface area contributed by atoms with E-state index in [9.17, 15) is 9.59 Å². The van der Waals surface area contributed by atoms with Crippen LogP contribution in [0.3, 0.4) is 0 Å². The van der Waals surface area contributed by atoms with E-state index < -0.39 is 11.9 Å². The lowest BCUT2D eigenvalue weighted by Crippen LogP contribution is -2.37. The van der Waals surface area contributed by atoms with Crippen LogP contribution < -0.4 is 10.6 Å². The molecule has 1 unspecified atom stereocenters. The number of hydrogen-bond acceptors (Lipinski definition) is 5. The normalized spacial score (nSPS) is 10.8. The summed E-state index contributed by atoms with van der Waals surface area (Å²) in [5.41, 5.74) is 2.34. The molecule has 8 heteroatoms. The van der Waals surface area contributed by atoms with Gasteiger partial charge in [-0.05, 0) is 31.5 Å². The van der Waals surface area contributed by atoms with Crippen molar-refractivity contribution in [1.82, 2.24) is 5.32 Å². The van der Waals surface area contributed by atoms with Crippen molar-refractivity contribution in [2.45, 2.75) is 26.4 Å². The molecule has 0 aromatic heterocycles. The maximum Gasteiger partial charge on any atom is 0.414 e. The van der Waals surface area contributed by atoms with Crippen LogP contribution in [0.25, 0.3) is 0 Å². The average Bonchev–Trinajstić information content (AvgIpc) is 2.67. The van der Waals surface area contributed by atoms with Crippen LogP contribution >= 0.6 is 0 Å². The van der Waals surface area contributed by atoms with Crippen LogP contribution in [0.15, 0.2) is 54.6 Å². The third kappa shape index (κ3) is 8.24. The fourth-order valence-electron chi connectivity index (χ4n) is 2.03. The van der Waals surface area contributed by atoms with E-state index in [0.29, 0.717) is 17.8 Å². The zero-order chi connectivity index (χ0) is 21.1. The third-order valence-electron chi connectivity index (χ3n) is 3.57. The summed E-state index contributed by atoms with van der Waals surface area (Å²) in [5.74, 6) is -3.80. The summed E-state index contributed by atoms with van der Waals surface area (Å²) in [7, 11) is 0. The van der Waals surface area contributed by atoms with Crippen LogP contribution in [-0.4, -0.2) is 39.9 Å². The number of carbonyl (C=O) groups excluding carboxylic acids is 2. The average molecular weight is 386 g/mol. The summed E-state index contributed by atoms with van der Waals surface area (Å²) in [6.45, 7) is 3.95. The van der Waals surface area contributed by atoms with Gasteiger partial charge in [-0.25, -0.2) is 9.59 Å². The zero-order valence-electron chi connectivity index (χ0n) is 15.5. The van der Waals surface area contributed by atoms with E-state index in [1.165, 1.54) is 6.92 Å². The van der Waals surface area contributed by atoms with Crippen LogP contribution in [-0.2, 0) is 20.9 Å². The summed E-state index contributed by atoms with van der Waals surface area (Å²) < 4.78 is 0. The Labute approximate surface area is 162 Å². The fraction of sp³-hybridized carbons (Fsp3) is 0.200. The molecule has 2 aromatic rings. The second-order valence-electron chi connectivity index (χ2n) is 5.82. The van der Waals surface area contributed by atoms with Crippen molar-refractivity contribution in [3.05, 3.63) is 65.7 Å². The molecule has 4 N–H and O–H groups in total. The van der Waals surface area contributed by atoms with Crippen LogP contribution in [0.4, 0.5) is 5.69 Å². The van der Waals surface area contributed by atoms with Gasteiger partial charge in [0.15, 0.2) is 5.78 Å². The highest BCUT2D eigenvalue weighted by Gasteiger charge is 2.12. The van der Waals surface area contributed by atoms with Crippen LogP contribution in [0.2, 0.25) is 0 Å². The molecule has 8 nitrogen and oxygen atoms in total. The predicted octanol–water partition coefficient (Wildman–Crippen LogP) is 2.16. The van der Waals surface area contributed by atoms with E-state index >= 15 is 0 Å². The summed E-state index contributed by atoms with van der Waals surface area (Å²) in [4.78, 5) is 41.7. The number of hydrogen-bond donors (Lipinski definition) is 4. The molecule has 0 spiro atoms. The van der Waals surface area contributed by atoms with Crippen molar-refractivity contribution in [3.8, 4) is 0 Å². The Hall–Kier alpha value is -3.52. The van der Waals surface area contributed by atoms with E-state index in [1.54, 1.807) is 24.3 Å². The molecule has 0 aliphatic heterocycles. The molecule has 0 bridgehead atoms. The highest BCUT2D eigenvalue weighted by Crippen LogP contribution is 2.11. The van der Waals surface area contributed by atoms with Crippen molar-refractivity contribution in [3.63, 3.8) is 0 Å². The standard InChI is InChI=1S/C18H20N2O2.C2H2O4/c1-13(19-12-15-7-4-3-5-8-15)18(22)20-17-10-6-9-16(11-17)14(2)21;3-1(4)2(5)6/h3-11,13,19H,12H2,1-2H3,(H,20,22);(H,3,4)(H,5,6). The first kappa shape index (κ1) is 22.5. The van der Waals surface area contributed by atoms with Gasteiger partial charge in [0.05, 0.1) is 6.04 Å². The molecule has 2 aromatic carbocycles. The van der Waals surface area contributed by atoms with Gasteiger partial charge in [0.2, 0.25) is 5.91 Å². The molecule has 148 valence electrons. The molecular weight excluding hydrogens is 364 g/mol. The smallest absolute Gasteiger partial charge is 0.414 e. The highest BCUT2D eigenvalue weighted by atomic mass is 16.4. The van der Waals surface area contributed by atoms with E-state index in [4.69, 9.17) is 19.8 Å². The van der Waals surface area contributed by atoms with Crippen molar-refractivity contribution in [2.24, 2.45) is 0 Å². The lowest BCUT2D eigenvalue weighted by atomic mass is 10.1. The minimum Gasteiger partial charge on any atom is -0.473 e. The van der Waals surface area contributed by atoms with Gasteiger partial charge >= 0.3 is 11.9 Å². The number of carboxylic acids is 2. The Morgan fingerprint density at radius 2 is 1.54 bits per heavy atom. The number of ketones is 1. The van der Waals surface area contributed by atoms with Crippen molar-refractivity contribution < 1.29 is 29.4 Å². The Bertz CT molecular complexity index is 824. The number of carboxylic acid groups (broad SMARTS) is 2. The summed E-state index contributed by atoms with van der Waals surface area (Å²) in [6.07, 6.45) is 0. The number of Topliss-reactive ketones (excluding diaryl/α,β-unsaturated/α-hetero) is 1. The van der Waals surface area contributed by atoms with Gasteiger partial charge in [0, 0.05) is 17.8 Å². The minimum absolute atomic E-state index is 0.0219. The zero-order valence-corrected chi connectivity index (χ0v) is 15.5. The molecule has 0 heterocycles. The molecule has 0 fully saturated rings. The Morgan fingerprint density at radius 1 is 0.929 bits per heavy atom. The maximum absolute atomic E-state index is 12.2. The largest absolute Gasteiger partial charge is 0.473 e. The number of anilines is 1. The molecular formula is C20H22N2O6. The fourth-order valence-corrected chi connectivity index (χ4v) is 2.03. The Morgan fingerprint density at radius 3 is 2.07 bits per heavy atom. The second-order valence-corrected chi connectivity index (χ2v) is 5.82. The van der Waals surface area contributed by atoms with Crippen molar-refractivity contribution in [1.29, 1.82) is 0 Å². The van der Waals surface area contributed by atoms with Gasteiger partial charge in [0.25, 0.3) is 0 Å². The number of aliphatic carboxylic acids is 2. The first-order valence-corrected chi connectivity index (χ1v) is 8.36. The van der Waals surface area contributed by atoms with Crippen LogP contribution in [0.5, 0.6) is 0 Å². The van der Waals surface area contributed by atoms with E-state index in [2.05, 4.69) is 10.6 Å². The summed E-state index contributed by atoms with van der Waals surface area (Å²) >= 11 is 0. The van der Waals surface area contributed by atoms with Crippen molar-refractivity contribution >= 4 is 29.3 Å². The number of amides is 1. The van der Waals surface area contributed by atoms with Gasteiger partial charge in [-0.3, -0.25) is 9.59 Å². The van der Waals surface area contributed by atoms with E-state index in [0.717, 1.165) is 5.56 Å². The Kier molecular flexibility index (Phi) is 9.05. The SMILES string of the molecule is CC(=O)c1cccc(NC(=O)C(C)NCc2ccccc2)c1.O=C(O)C(=O)O. The van der Waals surface area contributed by atoms with Gasteiger partial charge in [0.1, 0.15) is 0 Å². The molecule has 0 saturated carbocycles. The summed E-state index contributed by atoms with van der Waals surface area (Å²) in [6, 6.07) is 16.5. The first-order chi connectivity index (χ1) is 13.2. The van der Waals surface area contributed by atoms with Crippen molar-refractivity contribution in [2.75, 3.05) is 5.32 Å².